The normalized spacial score (nSPS) is 10.5. The fourth-order valence-electron chi connectivity index (χ4n) is 2.15. The molecular formula is C16H19N3O2. The molecule has 2 aromatic rings. The molecule has 0 aromatic heterocycles. The van der Waals surface area contributed by atoms with Crippen molar-refractivity contribution in [3.8, 4) is 0 Å². The van der Waals surface area contributed by atoms with Crippen molar-refractivity contribution in [1.29, 1.82) is 0 Å². The van der Waals surface area contributed by atoms with E-state index in [1.807, 2.05) is 24.3 Å². The van der Waals surface area contributed by atoms with E-state index in [0.29, 0.717) is 17.3 Å². The molecule has 0 fully saturated rings. The summed E-state index contributed by atoms with van der Waals surface area (Å²) in [6.07, 6.45) is 0. The van der Waals surface area contributed by atoms with Crippen molar-refractivity contribution in [1.82, 2.24) is 0 Å². The van der Waals surface area contributed by atoms with E-state index in [0.717, 1.165) is 5.69 Å². The molecule has 2 rings (SSSR count). The fourth-order valence-corrected chi connectivity index (χ4v) is 2.15. The summed E-state index contributed by atoms with van der Waals surface area (Å²) in [6.45, 7) is 4.26. The Kier molecular flexibility index (Phi) is 4.42. The highest BCUT2D eigenvalue weighted by molar-refractivity contribution is 5.79. The molecule has 0 radical (unpaired) electrons. The molecule has 2 N–H and O–H groups in total. The zero-order valence-electron chi connectivity index (χ0n) is 12.4. The third-order valence-electron chi connectivity index (χ3n) is 3.34. The van der Waals surface area contributed by atoms with Crippen LogP contribution in [0.4, 0.5) is 22.7 Å². The van der Waals surface area contributed by atoms with Gasteiger partial charge in [0.25, 0.3) is 0 Å². The number of nitro benzene ring substituents is 1. The SMILES string of the molecule is CNc1cccc(Nc2ccc(C(C)C)cc2)c1[N+](=O)[O-]. The third kappa shape index (κ3) is 3.31. The van der Waals surface area contributed by atoms with Crippen molar-refractivity contribution in [2.75, 3.05) is 17.7 Å². The molecule has 0 heterocycles. The second-order valence-corrected chi connectivity index (χ2v) is 5.11. The predicted octanol–water partition coefficient (Wildman–Crippen LogP) is 4.50. The van der Waals surface area contributed by atoms with Gasteiger partial charge >= 0.3 is 5.69 Å². The van der Waals surface area contributed by atoms with Gasteiger partial charge in [0.15, 0.2) is 0 Å². The van der Waals surface area contributed by atoms with Crippen LogP contribution in [0.2, 0.25) is 0 Å². The summed E-state index contributed by atoms with van der Waals surface area (Å²) in [5, 5.41) is 17.2. The number of hydrogen-bond donors (Lipinski definition) is 2. The predicted molar refractivity (Wildman–Crippen MR) is 86.5 cm³/mol. The van der Waals surface area contributed by atoms with Gasteiger partial charge in [-0.25, -0.2) is 0 Å². The largest absolute Gasteiger partial charge is 0.382 e. The first kappa shape index (κ1) is 14.8. The van der Waals surface area contributed by atoms with E-state index in [1.54, 1.807) is 25.2 Å². The molecule has 2 aromatic carbocycles. The molecule has 0 aliphatic carbocycles. The molecule has 0 saturated heterocycles. The van der Waals surface area contributed by atoms with Crippen LogP contribution in [0.15, 0.2) is 42.5 Å². The van der Waals surface area contributed by atoms with Gasteiger partial charge in [0.05, 0.1) is 4.92 Å². The number of para-hydroxylation sites is 1. The van der Waals surface area contributed by atoms with E-state index in [1.165, 1.54) is 5.56 Å². The Bertz CT molecular complexity index is 636. The summed E-state index contributed by atoms with van der Waals surface area (Å²) in [5.74, 6) is 0.459. The second kappa shape index (κ2) is 6.26. The lowest BCUT2D eigenvalue weighted by molar-refractivity contribution is -0.383. The van der Waals surface area contributed by atoms with Gasteiger partial charge in [0, 0.05) is 12.7 Å². The summed E-state index contributed by atoms with van der Waals surface area (Å²) < 4.78 is 0. The molecule has 21 heavy (non-hydrogen) atoms. The van der Waals surface area contributed by atoms with Gasteiger partial charge in [-0.05, 0) is 35.7 Å². The van der Waals surface area contributed by atoms with Crippen LogP contribution in [-0.2, 0) is 0 Å². The van der Waals surface area contributed by atoms with Gasteiger partial charge in [-0.15, -0.1) is 0 Å². The van der Waals surface area contributed by atoms with E-state index in [4.69, 9.17) is 0 Å². The minimum atomic E-state index is -0.378. The fraction of sp³-hybridized carbons (Fsp3) is 0.250. The van der Waals surface area contributed by atoms with Gasteiger partial charge in [-0.2, -0.15) is 0 Å². The summed E-state index contributed by atoms with van der Waals surface area (Å²) in [4.78, 5) is 10.9. The van der Waals surface area contributed by atoms with E-state index in [2.05, 4.69) is 24.5 Å². The van der Waals surface area contributed by atoms with Crippen LogP contribution in [0.25, 0.3) is 0 Å². The lowest BCUT2D eigenvalue weighted by Crippen LogP contribution is -2.01. The van der Waals surface area contributed by atoms with E-state index >= 15 is 0 Å². The Morgan fingerprint density at radius 3 is 2.19 bits per heavy atom. The number of anilines is 3. The first-order valence-corrected chi connectivity index (χ1v) is 6.85. The molecule has 0 aliphatic rings. The molecule has 110 valence electrons. The van der Waals surface area contributed by atoms with E-state index in [9.17, 15) is 10.1 Å². The molecule has 5 nitrogen and oxygen atoms in total. The maximum absolute atomic E-state index is 11.3. The third-order valence-corrected chi connectivity index (χ3v) is 3.34. The van der Waals surface area contributed by atoms with Gasteiger partial charge in [-0.3, -0.25) is 10.1 Å². The quantitative estimate of drug-likeness (QED) is 0.626. The van der Waals surface area contributed by atoms with Crippen LogP contribution in [0, 0.1) is 10.1 Å². The average Bonchev–Trinajstić information content (AvgIpc) is 2.47. The Morgan fingerprint density at radius 2 is 1.67 bits per heavy atom. The number of nitrogens with one attached hydrogen (secondary N) is 2. The van der Waals surface area contributed by atoms with Crippen molar-refractivity contribution < 1.29 is 4.92 Å². The standard InChI is InChI=1S/C16H19N3O2/c1-11(2)12-7-9-13(10-8-12)18-15-6-4-5-14(17-3)16(15)19(20)21/h4-11,17-18H,1-3H3. The minimum absolute atomic E-state index is 0.0490. The zero-order valence-corrected chi connectivity index (χ0v) is 12.4. The summed E-state index contributed by atoms with van der Waals surface area (Å²) in [6, 6.07) is 13.1. The van der Waals surface area contributed by atoms with E-state index < -0.39 is 0 Å². The topological polar surface area (TPSA) is 67.2 Å². The summed E-state index contributed by atoms with van der Waals surface area (Å²) in [7, 11) is 1.67. The molecule has 0 saturated carbocycles. The summed E-state index contributed by atoms with van der Waals surface area (Å²) >= 11 is 0. The Balaban J connectivity index is 2.33. The zero-order chi connectivity index (χ0) is 15.4. The van der Waals surface area contributed by atoms with Gasteiger partial charge < -0.3 is 10.6 Å². The molecular weight excluding hydrogens is 266 g/mol. The lowest BCUT2D eigenvalue weighted by atomic mass is 10.0. The maximum atomic E-state index is 11.3. The monoisotopic (exact) mass is 285 g/mol. The van der Waals surface area contributed by atoms with Crippen molar-refractivity contribution >= 4 is 22.7 Å². The molecule has 0 aliphatic heterocycles. The number of nitrogens with zero attached hydrogens (tertiary/aromatic N) is 1. The highest BCUT2D eigenvalue weighted by Crippen LogP contribution is 2.34. The number of hydrogen-bond acceptors (Lipinski definition) is 4. The molecule has 0 bridgehead atoms. The van der Waals surface area contributed by atoms with Crippen molar-refractivity contribution in [2.24, 2.45) is 0 Å². The van der Waals surface area contributed by atoms with Gasteiger partial charge in [0.2, 0.25) is 0 Å². The number of rotatable bonds is 5. The smallest absolute Gasteiger partial charge is 0.315 e. The molecule has 5 heteroatoms. The Hall–Kier alpha value is -2.56. The van der Waals surface area contributed by atoms with Crippen LogP contribution < -0.4 is 10.6 Å². The lowest BCUT2D eigenvalue weighted by Gasteiger charge is -2.11. The van der Waals surface area contributed by atoms with Gasteiger partial charge in [0.1, 0.15) is 11.4 Å². The van der Waals surface area contributed by atoms with E-state index in [-0.39, 0.29) is 10.6 Å². The molecule has 0 unspecified atom stereocenters. The van der Waals surface area contributed by atoms with Crippen molar-refractivity contribution in [2.45, 2.75) is 19.8 Å². The highest BCUT2D eigenvalue weighted by Gasteiger charge is 2.18. The highest BCUT2D eigenvalue weighted by atomic mass is 16.6. The van der Waals surface area contributed by atoms with Crippen LogP contribution in [-0.4, -0.2) is 12.0 Å². The number of nitro groups is 1. The number of benzene rings is 2. The molecule has 0 amide bonds. The minimum Gasteiger partial charge on any atom is -0.382 e. The molecule has 0 spiro atoms. The van der Waals surface area contributed by atoms with Gasteiger partial charge in [-0.1, -0.05) is 32.0 Å². The summed E-state index contributed by atoms with van der Waals surface area (Å²) in [5.41, 5.74) is 3.08. The van der Waals surface area contributed by atoms with Crippen LogP contribution in [0.3, 0.4) is 0 Å². The van der Waals surface area contributed by atoms with Crippen molar-refractivity contribution in [3.63, 3.8) is 0 Å². The first-order valence-electron chi connectivity index (χ1n) is 6.85. The Morgan fingerprint density at radius 1 is 1.05 bits per heavy atom. The first-order chi connectivity index (χ1) is 10.0. The average molecular weight is 285 g/mol. The second-order valence-electron chi connectivity index (χ2n) is 5.11. The van der Waals surface area contributed by atoms with Crippen LogP contribution >= 0.6 is 0 Å². The van der Waals surface area contributed by atoms with Crippen LogP contribution in [0.1, 0.15) is 25.3 Å². The Labute approximate surface area is 124 Å². The van der Waals surface area contributed by atoms with Crippen LogP contribution in [0.5, 0.6) is 0 Å². The molecule has 0 atom stereocenters. The van der Waals surface area contributed by atoms with Crippen molar-refractivity contribution in [3.05, 3.63) is 58.1 Å². The maximum Gasteiger partial charge on any atom is 0.315 e.